The Kier molecular flexibility index (Phi) is 3.19. The minimum atomic E-state index is -0.371. The maximum Gasteiger partial charge on any atom is 0.253 e. The molecule has 0 saturated carbocycles. The van der Waals surface area contributed by atoms with Crippen molar-refractivity contribution >= 4 is 5.91 Å². The molecule has 0 aliphatic carbocycles. The van der Waals surface area contributed by atoms with Gasteiger partial charge in [-0.3, -0.25) is 4.79 Å². The molecule has 1 aliphatic rings. The summed E-state index contributed by atoms with van der Waals surface area (Å²) >= 11 is 0. The Balaban J connectivity index is 2.12. The number of nitrogens with zero attached hydrogens (tertiary/aromatic N) is 1. The van der Waals surface area contributed by atoms with Crippen LogP contribution in [0.1, 0.15) is 16.8 Å². The predicted octanol–water partition coefficient (Wildman–Crippen LogP) is 1.26. The van der Waals surface area contributed by atoms with Crippen LogP contribution in [0.25, 0.3) is 0 Å². The predicted molar refractivity (Wildman–Crippen MR) is 59.8 cm³/mol. The Hall–Kier alpha value is -1.42. The number of carbonyl (C=O) groups is 1. The Morgan fingerprint density at radius 3 is 3.00 bits per heavy atom. The highest BCUT2D eigenvalue weighted by Crippen LogP contribution is 2.12. The van der Waals surface area contributed by atoms with Crippen molar-refractivity contribution in [3.63, 3.8) is 0 Å². The molecule has 1 heterocycles. The van der Waals surface area contributed by atoms with E-state index < -0.39 is 0 Å². The third-order valence-electron chi connectivity index (χ3n) is 2.97. The molecular weight excluding hydrogens is 207 g/mol. The smallest absolute Gasteiger partial charge is 0.253 e. The van der Waals surface area contributed by atoms with Crippen LogP contribution in [0.3, 0.4) is 0 Å². The molecule has 0 aromatic heterocycles. The second-order valence-electron chi connectivity index (χ2n) is 4.07. The maximum atomic E-state index is 13.0. The van der Waals surface area contributed by atoms with Crippen molar-refractivity contribution in [1.29, 1.82) is 0 Å². The quantitative estimate of drug-likeness (QED) is 0.817. The Labute approximate surface area is 94.3 Å². The van der Waals surface area contributed by atoms with Crippen LogP contribution < -0.4 is 5.32 Å². The lowest BCUT2D eigenvalue weighted by atomic mass is 10.1. The summed E-state index contributed by atoms with van der Waals surface area (Å²) in [5.41, 5.74) is 0.411. The molecule has 2 rings (SSSR count). The van der Waals surface area contributed by atoms with Crippen molar-refractivity contribution in [2.24, 2.45) is 0 Å². The Morgan fingerprint density at radius 1 is 1.56 bits per heavy atom. The standard InChI is InChI=1S/C12H15FN2O/c1-15(11-5-6-14-8-11)12(16)9-3-2-4-10(13)7-9/h2-4,7,11,14H,5-6,8H2,1H3. The first-order valence-corrected chi connectivity index (χ1v) is 5.42. The fourth-order valence-electron chi connectivity index (χ4n) is 1.96. The molecule has 1 aromatic carbocycles. The number of benzene rings is 1. The summed E-state index contributed by atoms with van der Waals surface area (Å²) in [5.74, 6) is -0.489. The van der Waals surface area contributed by atoms with Crippen molar-refractivity contribution in [2.45, 2.75) is 12.5 Å². The molecule has 0 spiro atoms. The lowest BCUT2D eigenvalue weighted by Gasteiger charge is -2.23. The van der Waals surface area contributed by atoms with Gasteiger partial charge in [-0.15, -0.1) is 0 Å². The first-order chi connectivity index (χ1) is 7.68. The molecule has 1 atom stereocenters. The van der Waals surface area contributed by atoms with Crippen LogP contribution in [-0.4, -0.2) is 37.0 Å². The average Bonchev–Trinajstić information content (AvgIpc) is 2.80. The van der Waals surface area contributed by atoms with Crippen molar-refractivity contribution in [3.8, 4) is 0 Å². The van der Waals surface area contributed by atoms with E-state index in [9.17, 15) is 9.18 Å². The monoisotopic (exact) mass is 222 g/mol. The van der Waals surface area contributed by atoms with Gasteiger partial charge in [0.05, 0.1) is 0 Å². The number of rotatable bonds is 2. The lowest BCUT2D eigenvalue weighted by molar-refractivity contribution is 0.0743. The van der Waals surface area contributed by atoms with Crippen LogP contribution in [0.2, 0.25) is 0 Å². The van der Waals surface area contributed by atoms with Crippen LogP contribution in [0.5, 0.6) is 0 Å². The minimum absolute atomic E-state index is 0.117. The minimum Gasteiger partial charge on any atom is -0.337 e. The largest absolute Gasteiger partial charge is 0.337 e. The van der Waals surface area contributed by atoms with E-state index in [0.29, 0.717) is 5.56 Å². The Bertz CT molecular complexity index is 388. The molecule has 1 fully saturated rings. The number of hydrogen-bond acceptors (Lipinski definition) is 2. The van der Waals surface area contributed by atoms with Gasteiger partial charge in [0, 0.05) is 25.2 Å². The molecule has 1 amide bonds. The molecule has 86 valence electrons. The van der Waals surface area contributed by atoms with Crippen LogP contribution in [0.15, 0.2) is 24.3 Å². The highest BCUT2D eigenvalue weighted by molar-refractivity contribution is 5.94. The summed E-state index contributed by atoms with van der Waals surface area (Å²) in [7, 11) is 1.77. The third kappa shape index (κ3) is 2.22. The number of halogens is 1. The van der Waals surface area contributed by atoms with E-state index in [1.165, 1.54) is 12.1 Å². The van der Waals surface area contributed by atoms with Crippen LogP contribution >= 0.6 is 0 Å². The second kappa shape index (κ2) is 4.61. The molecule has 1 aliphatic heterocycles. The molecule has 1 saturated heterocycles. The van der Waals surface area contributed by atoms with Gasteiger partial charge in [-0.1, -0.05) is 6.07 Å². The van der Waals surface area contributed by atoms with Crippen LogP contribution in [-0.2, 0) is 0 Å². The SMILES string of the molecule is CN(C(=O)c1cccc(F)c1)C1CCNC1. The van der Waals surface area contributed by atoms with Crippen molar-refractivity contribution in [1.82, 2.24) is 10.2 Å². The number of likely N-dealkylation sites (N-methyl/N-ethyl adjacent to an activating group) is 1. The molecule has 1 unspecified atom stereocenters. The van der Waals surface area contributed by atoms with Crippen molar-refractivity contribution < 1.29 is 9.18 Å². The molecule has 4 heteroatoms. The molecule has 1 N–H and O–H groups in total. The first-order valence-electron chi connectivity index (χ1n) is 5.42. The summed E-state index contributed by atoms with van der Waals surface area (Å²) in [5, 5.41) is 3.20. The summed E-state index contributed by atoms with van der Waals surface area (Å²) in [6, 6.07) is 6.04. The molecule has 0 radical (unpaired) electrons. The van der Waals surface area contributed by atoms with E-state index in [2.05, 4.69) is 5.32 Å². The molecule has 1 aromatic rings. The highest BCUT2D eigenvalue weighted by Gasteiger charge is 2.23. The van der Waals surface area contributed by atoms with Gasteiger partial charge < -0.3 is 10.2 Å². The zero-order valence-electron chi connectivity index (χ0n) is 9.24. The topological polar surface area (TPSA) is 32.3 Å². The third-order valence-corrected chi connectivity index (χ3v) is 2.97. The van der Waals surface area contributed by atoms with E-state index in [0.717, 1.165) is 19.5 Å². The van der Waals surface area contributed by atoms with Gasteiger partial charge in [-0.25, -0.2) is 4.39 Å². The molecule has 0 bridgehead atoms. The fourth-order valence-corrected chi connectivity index (χ4v) is 1.96. The molecular formula is C12H15FN2O. The van der Waals surface area contributed by atoms with Gasteiger partial charge in [-0.05, 0) is 31.2 Å². The van der Waals surface area contributed by atoms with Gasteiger partial charge in [0.15, 0.2) is 0 Å². The highest BCUT2D eigenvalue weighted by atomic mass is 19.1. The van der Waals surface area contributed by atoms with Gasteiger partial charge in [0.1, 0.15) is 5.82 Å². The summed E-state index contributed by atoms with van der Waals surface area (Å²) in [4.78, 5) is 13.7. The van der Waals surface area contributed by atoms with Gasteiger partial charge in [0.25, 0.3) is 5.91 Å². The summed E-state index contributed by atoms with van der Waals surface area (Å²) in [6.45, 7) is 1.75. The van der Waals surface area contributed by atoms with Crippen LogP contribution in [0, 0.1) is 5.82 Å². The van der Waals surface area contributed by atoms with E-state index in [4.69, 9.17) is 0 Å². The van der Waals surface area contributed by atoms with E-state index in [1.807, 2.05) is 0 Å². The normalized spacial score (nSPS) is 19.8. The van der Waals surface area contributed by atoms with E-state index in [1.54, 1.807) is 24.1 Å². The van der Waals surface area contributed by atoms with Gasteiger partial charge in [-0.2, -0.15) is 0 Å². The maximum absolute atomic E-state index is 13.0. The van der Waals surface area contributed by atoms with Gasteiger partial charge in [0.2, 0.25) is 0 Å². The summed E-state index contributed by atoms with van der Waals surface area (Å²) in [6.07, 6.45) is 0.956. The average molecular weight is 222 g/mol. The summed E-state index contributed by atoms with van der Waals surface area (Å²) < 4.78 is 13.0. The zero-order valence-corrected chi connectivity index (χ0v) is 9.24. The molecule has 16 heavy (non-hydrogen) atoms. The van der Waals surface area contributed by atoms with Crippen molar-refractivity contribution in [3.05, 3.63) is 35.6 Å². The van der Waals surface area contributed by atoms with Gasteiger partial charge >= 0.3 is 0 Å². The van der Waals surface area contributed by atoms with E-state index >= 15 is 0 Å². The van der Waals surface area contributed by atoms with E-state index in [-0.39, 0.29) is 17.8 Å². The van der Waals surface area contributed by atoms with Crippen LogP contribution in [0.4, 0.5) is 4.39 Å². The number of amides is 1. The fraction of sp³-hybridized carbons (Fsp3) is 0.417. The second-order valence-corrected chi connectivity index (χ2v) is 4.07. The Morgan fingerprint density at radius 2 is 2.38 bits per heavy atom. The first kappa shape index (κ1) is 11.1. The number of hydrogen-bond donors (Lipinski definition) is 1. The molecule has 3 nitrogen and oxygen atoms in total. The number of nitrogens with one attached hydrogen (secondary N) is 1. The zero-order chi connectivity index (χ0) is 11.5. The van der Waals surface area contributed by atoms with Crippen molar-refractivity contribution in [2.75, 3.05) is 20.1 Å². The lowest BCUT2D eigenvalue weighted by Crippen LogP contribution is -2.38. The number of carbonyl (C=O) groups excluding carboxylic acids is 1.